The summed E-state index contributed by atoms with van der Waals surface area (Å²) < 4.78 is 45.0. The van der Waals surface area contributed by atoms with Crippen molar-refractivity contribution in [3.8, 4) is 11.5 Å². The van der Waals surface area contributed by atoms with Crippen molar-refractivity contribution in [1.29, 1.82) is 0 Å². The molecule has 438 valence electrons. The number of carbonyl (C=O) groups is 4. The molecule has 2 aliphatic heterocycles. The first kappa shape index (κ1) is 61.0. The van der Waals surface area contributed by atoms with Crippen LogP contribution < -0.4 is 31.1 Å². The SMILES string of the molecule is CC(C)(C)O/N=C(\C(=O)OS(C)(=O)=O)c1nsc(N)n1.CCCNC(=O)Nc1c[n+](CC2=C(C(=O)OCc3ccc(OC)cc3)N3C(=O)[C@@H](N=Cc4ccccc4O)[C@H]3SC2)n(C)c1NC(c1ccccc1)(c1ccccc1)c1ccccc1. The van der Waals surface area contributed by atoms with Gasteiger partial charge in [-0.2, -0.15) is 17.8 Å². The van der Waals surface area contributed by atoms with E-state index in [1.54, 1.807) is 64.3 Å². The number of phenolic OH excluding ortho intramolecular Hbond substituents is 1. The number of amides is 3. The average molecular weight is 1200 g/mol. The van der Waals surface area contributed by atoms with E-state index >= 15 is 0 Å². The lowest BCUT2D eigenvalue weighted by molar-refractivity contribution is -0.765. The fourth-order valence-electron chi connectivity index (χ4n) is 8.88. The summed E-state index contributed by atoms with van der Waals surface area (Å²) in [5.41, 5.74) is 8.73. The number of thioether (sulfide) groups is 1. The van der Waals surface area contributed by atoms with Crippen molar-refractivity contribution in [2.24, 2.45) is 17.2 Å². The summed E-state index contributed by atoms with van der Waals surface area (Å²) >= 11 is 2.33. The van der Waals surface area contributed by atoms with E-state index < -0.39 is 50.3 Å². The Hall–Kier alpha value is -9.07. The Kier molecular flexibility index (Phi) is 19.5. The number of phenols is 1. The lowest BCUT2D eigenvalue weighted by Crippen LogP contribution is -2.64. The number of nitrogens with one attached hydrogen (secondary N) is 3. The van der Waals surface area contributed by atoms with E-state index in [1.807, 2.05) is 96.3 Å². The largest absolute Gasteiger partial charge is 0.507 e. The number of aromatic nitrogens is 4. The summed E-state index contributed by atoms with van der Waals surface area (Å²) in [7, 11) is -0.517. The van der Waals surface area contributed by atoms with Crippen LogP contribution in [-0.4, -0.2) is 111 Å². The number of aliphatic imine (C=N–C) groups is 1. The van der Waals surface area contributed by atoms with Crippen molar-refractivity contribution in [3.05, 3.63) is 191 Å². The van der Waals surface area contributed by atoms with E-state index in [9.17, 15) is 32.7 Å². The number of methoxy groups -OCH3 is 1. The van der Waals surface area contributed by atoms with E-state index in [-0.39, 0.29) is 47.5 Å². The summed E-state index contributed by atoms with van der Waals surface area (Å²) in [5, 5.41) is 23.5. The van der Waals surface area contributed by atoms with E-state index in [2.05, 4.69) is 76.0 Å². The molecular formula is C59H64N11O11S3+. The summed E-state index contributed by atoms with van der Waals surface area (Å²) in [6.07, 6.45) is 4.82. The van der Waals surface area contributed by atoms with Crippen molar-refractivity contribution in [2.45, 2.75) is 69.8 Å². The highest BCUT2D eigenvalue weighted by molar-refractivity contribution is 8.00. The fraction of sp³-hybridized carbons (Fsp3) is 0.271. The number of anilines is 3. The summed E-state index contributed by atoms with van der Waals surface area (Å²) in [4.78, 5) is 68.5. The Morgan fingerprint density at radius 1 is 0.905 bits per heavy atom. The fourth-order valence-corrected chi connectivity index (χ4v) is 11.0. The van der Waals surface area contributed by atoms with Gasteiger partial charge in [-0.25, -0.2) is 14.4 Å². The van der Waals surface area contributed by atoms with Crippen LogP contribution in [0.15, 0.2) is 167 Å². The minimum Gasteiger partial charge on any atom is -0.507 e. The normalized spacial score (nSPS) is 15.2. The monoisotopic (exact) mass is 1200 g/mol. The molecule has 25 heteroatoms. The number of benzene rings is 5. The minimum absolute atomic E-state index is 0.0266. The third-order valence-corrected chi connectivity index (χ3v) is 15.2. The van der Waals surface area contributed by atoms with Crippen molar-refractivity contribution >= 4 is 85.9 Å². The van der Waals surface area contributed by atoms with E-state index in [0.717, 1.165) is 46.5 Å². The number of rotatable bonds is 20. The number of urea groups is 1. The predicted octanol–water partition coefficient (Wildman–Crippen LogP) is 7.50. The van der Waals surface area contributed by atoms with Crippen LogP contribution in [0.5, 0.6) is 11.5 Å². The van der Waals surface area contributed by atoms with Gasteiger partial charge in [0.1, 0.15) is 40.3 Å². The van der Waals surface area contributed by atoms with Crippen molar-refractivity contribution in [2.75, 3.05) is 42.0 Å². The maximum absolute atomic E-state index is 14.3. The molecule has 1 fully saturated rings. The zero-order valence-electron chi connectivity index (χ0n) is 47.1. The quantitative estimate of drug-likeness (QED) is 0.00939. The van der Waals surface area contributed by atoms with Crippen LogP contribution in [0.3, 0.4) is 0 Å². The predicted molar refractivity (Wildman–Crippen MR) is 321 cm³/mol. The zero-order valence-corrected chi connectivity index (χ0v) is 49.5. The Morgan fingerprint density at radius 3 is 2.06 bits per heavy atom. The van der Waals surface area contributed by atoms with Crippen LogP contribution in [-0.2, 0) is 64.0 Å². The number of carbonyl (C=O) groups excluding carboxylic acids is 4. The second-order valence-electron chi connectivity index (χ2n) is 20.1. The van der Waals surface area contributed by atoms with Gasteiger partial charge in [0.25, 0.3) is 5.91 Å². The Balaban J connectivity index is 0.000000391. The van der Waals surface area contributed by atoms with E-state index in [1.165, 1.54) is 22.9 Å². The highest BCUT2D eigenvalue weighted by Gasteiger charge is 2.54. The smallest absolute Gasteiger partial charge is 0.379 e. The van der Waals surface area contributed by atoms with Gasteiger partial charge in [-0.3, -0.25) is 20.0 Å². The molecule has 22 nitrogen and oxygen atoms in total. The Morgan fingerprint density at radius 2 is 1.51 bits per heavy atom. The standard InChI is InChI=1S/C50H49N7O6S.C9H14N4O5S2/c1-4-28-51-49(61)53-41-31-56(55(2)45(41)54-50(37-17-8-5-9-18-37,38-19-10-6-11-20-38)39-21-12-7-13-22-39)30-36-33-64-47-43(52-29-35-16-14-15-23-42(35)58)46(59)57(47)44(36)48(60)63-32-34-24-26-40(62-3)27-25-34;1-9(2,3)18-12-5(6-11-8(10)19-13-6)7(14)17-20(4,15)16/h5-27,29,31,43,47H,4,28,30,32-33H2,1-3H3,(H3,51,52,53,58,61);1-4H3,(H2,10,11,13)/p+1/b;12-5-/t43-,47-;/m1./s1. The molecule has 4 heterocycles. The van der Waals surface area contributed by atoms with Crippen LogP contribution in [0.4, 0.5) is 21.4 Å². The lowest BCUT2D eigenvalue weighted by Gasteiger charge is -2.47. The second kappa shape index (κ2) is 26.9. The number of nitrogens with two attached hydrogens (primary N) is 1. The van der Waals surface area contributed by atoms with Gasteiger partial charge in [0.2, 0.25) is 17.7 Å². The number of aromatic hydroxyl groups is 1. The summed E-state index contributed by atoms with van der Waals surface area (Å²) in [6.45, 7) is 7.69. The molecule has 7 aromatic rings. The first-order valence-corrected chi connectivity index (χ1v) is 30.0. The molecule has 9 rings (SSSR count). The lowest BCUT2D eigenvalue weighted by atomic mass is 9.77. The van der Waals surface area contributed by atoms with E-state index in [0.29, 0.717) is 40.7 Å². The van der Waals surface area contributed by atoms with Gasteiger partial charge in [0.15, 0.2) is 29.2 Å². The molecule has 1 saturated heterocycles. The number of esters is 1. The third kappa shape index (κ3) is 14.8. The van der Waals surface area contributed by atoms with Gasteiger partial charge in [-0.15, -0.1) is 21.1 Å². The Labute approximate surface area is 494 Å². The molecule has 2 aromatic heterocycles. The molecule has 84 heavy (non-hydrogen) atoms. The number of ether oxygens (including phenoxy) is 2. The molecule has 0 saturated carbocycles. The molecule has 2 aliphatic rings. The number of nitrogen functional groups attached to an aromatic ring is 1. The van der Waals surface area contributed by atoms with Gasteiger partial charge in [0, 0.05) is 41.2 Å². The van der Waals surface area contributed by atoms with Gasteiger partial charge in [-0.1, -0.05) is 127 Å². The highest BCUT2D eigenvalue weighted by atomic mass is 32.2. The van der Waals surface area contributed by atoms with Crippen LogP contribution in [0.1, 0.15) is 67.8 Å². The van der Waals surface area contributed by atoms with Crippen LogP contribution in [0, 0.1) is 0 Å². The van der Waals surface area contributed by atoms with Crippen molar-refractivity contribution < 1.29 is 55.9 Å². The first-order chi connectivity index (χ1) is 40.2. The van der Waals surface area contributed by atoms with Gasteiger partial charge in [0.05, 0.1) is 20.4 Å². The minimum atomic E-state index is -3.99. The summed E-state index contributed by atoms with van der Waals surface area (Å²) in [6, 6.07) is 43.4. The second-order valence-corrected chi connectivity index (χ2v) is 23.6. The van der Waals surface area contributed by atoms with Gasteiger partial charge >= 0.3 is 28.1 Å². The molecule has 6 N–H and O–H groups in total. The third-order valence-electron chi connectivity index (χ3n) is 12.8. The molecule has 0 radical (unpaired) electrons. The van der Waals surface area contributed by atoms with Crippen LogP contribution >= 0.6 is 23.3 Å². The number of hydrogen-bond donors (Lipinski definition) is 5. The number of nitrogens with zero attached hydrogens (tertiary/aromatic N) is 7. The molecule has 3 amide bonds. The summed E-state index contributed by atoms with van der Waals surface area (Å²) in [5.74, 6) is -0.707. The van der Waals surface area contributed by atoms with Crippen molar-refractivity contribution in [1.82, 2.24) is 24.3 Å². The molecule has 2 atom stereocenters. The Bertz CT molecular complexity index is 3590. The maximum atomic E-state index is 14.3. The first-order valence-electron chi connectivity index (χ1n) is 26.4. The number of para-hydroxylation sites is 1. The number of oxime groups is 1. The average Bonchev–Trinajstić information content (AvgIpc) is 1.63. The number of hydrogen-bond acceptors (Lipinski definition) is 19. The molecule has 0 spiro atoms. The number of fused-ring (bicyclic) bond motifs is 1. The van der Waals surface area contributed by atoms with E-state index in [4.69, 9.17) is 20.0 Å². The maximum Gasteiger partial charge on any atom is 0.379 e. The van der Waals surface area contributed by atoms with Crippen LogP contribution in [0.25, 0.3) is 0 Å². The molecule has 5 aromatic carbocycles. The molecule has 0 bridgehead atoms. The topological polar surface area (TPSA) is 284 Å². The van der Waals surface area contributed by atoms with Crippen molar-refractivity contribution in [3.63, 3.8) is 0 Å². The molecular weight excluding hydrogens is 1130 g/mol. The zero-order chi connectivity index (χ0) is 60.2. The number of β-lactam (4-membered cyclic amide) rings is 1. The molecule has 0 aliphatic carbocycles. The van der Waals surface area contributed by atoms with Gasteiger partial charge < -0.3 is 40.0 Å². The molecule has 0 unspecified atom stereocenters. The van der Waals surface area contributed by atoms with Gasteiger partial charge in [-0.05, 0) is 73.7 Å². The van der Waals surface area contributed by atoms with Crippen LogP contribution in [0.2, 0.25) is 0 Å². The highest BCUT2D eigenvalue weighted by Crippen LogP contribution is 2.44.